The second-order valence-corrected chi connectivity index (χ2v) is 5.16. The Morgan fingerprint density at radius 3 is 2.90 bits per heavy atom. The van der Waals surface area contributed by atoms with Gasteiger partial charge in [0, 0.05) is 48.6 Å². The summed E-state index contributed by atoms with van der Waals surface area (Å²) in [6.45, 7) is 4.87. The molecule has 6 nitrogen and oxygen atoms in total. The number of hydrogen-bond donors (Lipinski definition) is 2. The van der Waals surface area contributed by atoms with Crippen LogP contribution in [0.5, 0.6) is 0 Å². The van der Waals surface area contributed by atoms with Gasteiger partial charge in [-0.25, -0.2) is 0 Å². The van der Waals surface area contributed by atoms with Gasteiger partial charge in [-0.3, -0.25) is 14.7 Å². The van der Waals surface area contributed by atoms with Crippen molar-refractivity contribution in [2.24, 2.45) is 0 Å². The van der Waals surface area contributed by atoms with E-state index in [2.05, 4.69) is 15.2 Å². The van der Waals surface area contributed by atoms with Crippen molar-refractivity contribution >= 4 is 5.91 Å². The topological polar surface area (TPSA) is 81.8 Å². The van der Waals surface area contributed by atoms with Gasteiger partial charge in [0.2, 0.25) is 0 Å². The number of aryl methyl sites for hydroxylation is 2. The third-order valence-electron chi connectivity index (χ3n) is 3.62. The van der Waals surface area contributed by atoms with Crippen LogP contribution in [-0.4, -0.2) is 32.5 Å². The lowest BCUT2D eigenvalue weighted by Gasteiger charge is -2.26. The fourth-order valence-electron chi connectivity index (χ4n) is 2.57. The highest BCUT2D eigenvalue weighted by atomic mass is 16.2. The number of H-pyrrole nitrogens is 2. The maximum Gasteiger partial charge on any atom is 0.270 e. The summed E-state index contributed by atoms with van der Waals surface area (Å²) in [6.07, 6.45) is 0.738. The zero-order chi connectivity index (χ0) is 14.3. The van der Waals surface area contributed by atoms with E-state index in [4.69, 9.17) is 0 Å². The largest absolute Gasteiger partial charge is 0.354 e. The summed E-state index contributed by atoms with van der Waals surface area (Å²) >= 11 is 0. The van der Waals surface area contributed by atoms with E-state index in [0.29, 0.717) is 24.5 Å². The van der Waals surface area contributed by atoms with Crippen LogP contribution in [0.1, 0.15) is 33.1 Å². The zero-order valence-corrected chi connectivity index (χ0v) is 11.5. The van der Waals surface area contributed by atoms with Crippen LogP contribution >= 0.6 is 0 Å². The van der Waals surface area contributed by atoms with Crippen molar-refractivity contribution < 1.29 is 4.79 Å². The van der Waals surface area contributed by atoms with Crippen molar-refractivity contribution in [1.82, 2.24) is 20.1 Å². The minimum Gasteiger partial charge on any atom is -0.354 e. The van der Waals surface area contributed by atoms with Gasteiger partial charge in [-0.2, -0.15) is 5.10 Å². The molecule has 0 spiro atoms. The van der Waals surface area contributed by atoms with Gasteiger partial charge in [0.15, 0.2) is 5.43 Å². The molecule has 0 radical (unpaired) electrons. The minimum atomic E-state index is -0.151. The summed E-state index contributed by atoms with van der Waals surface area (Å²) < 4.78 is 0. The smallest absolute Gasteiger partial charge is 0.270 e. The SMILES string of the molecule is Cc1cc(=O)cc(C(=O)N2CCc3n[nH]c(C)c3C2)[nH]1. The first-order valence-electron chi connectivity index (χ1n) is 6.57. The Balaban J connectivity index is 1.89. The lowest BCUT2D eigenvalue weighted by Crippen LogP contribution is -2.36. The zero-order valence-electron chi connectivity index (χ0n) is 11.5. The lowest BCUT2D eigenvalue weighted by molar-refractivity contribution is 0.0727. The Morgan fingerprint density at radius 1 is 1.35 bits per heavy atom. The first-order valence-corrected chi connectivity index (χ1v) is 6.57. The van der Waals surface area contributed by atoms with E-state index in [9.17, 15) is 9.59 Å². The highest BCUT2D eigenvalue weighted by molar-refractivity contribution is 5.92. The van der Waals surface area contributed by atoms with Crippen LogP contribution < -0.4 is 5.43 Å². The summed E-state index contributed by atoms with van der Waals surface area (Å²) in [7, 11) is 0. The van der Waals surface area contributed by atoms with Gasteiger partial charge < -0.3 is 9.88 Å². The van der Waals surface area contributed by atoms with Gasteiger partial charge in [-0.1, -0.05) is 0 Å². The predicted molar refractivity (Wildman–Crippen MR) is 73.6 cm³/mol. The fourth-order valence-corrected chi connectivity index (χ4v) is 2.57. The number of carbonyl (C=O) groups is 1. The Labute approximate surface area is 115 Å². The molecule has 1 amide bonds. The molecule has 20 heavy (non-hydrogen) atoms. The number of hydrogen-bond acceptors (Lipinski definition) is 3. The van der Waals surface area contributed by atoms with E-state index >= 15 is 0 Å². The van der Waals surface area contributed by atoms with E-state index in [-0.39, 0.29) is 11.3 Å². The average molecular weight is 272 g/mol. The summed E-state index contributed by atoms with van der Waals surface area (Å²) in [5, 5.41) is 7.18. The molecule has 3 rings (SSSR count). The molecule has 1 aliphatic heterocycles. The molecule has 6 heteroatoms. The third-order valence-corrected chi connectivity index (χ3v) is 3.62. The summed E-state index contributed by atoms with van der Waals surface area (Å²) in [4.78, 5) is 28.7. The molecule has 0 bridgehead atoms. The van der Waals surface area contributed by atoms with Crippen molar-refractivity contribution in [1.29, 1.82) is 0 Å². The van der Waals surface area contributed by atoms with Crippen LogP contribution in [0.15, 0.2) is 16.9 Å². The quantitative estimate of drug-likeness (QED) is 0.809. The molecule has 0 atom stereocenters. The molecule has 2 aromatic heterocycles. The van der Waals surface area contributed by atoms with Crippen molar-refractivity contribution in [3.63, 3.8) is 0 Å². The summed E-state index contributed by atoms with van der Waals surface area (Å²) in [6, 6.07) is 2.83. The van der Waals surface area contributed by atoms with Gasteiger partial charge in [-0.05, 0) is 13.8 Å². The third kappa shape index (κ3) is 2.13. The van der Waals surface area contributed by atoms with Crippen molar-refractivity contribution in [2.45, 2.75) is 26.8 Å². The molecule has 104 valence electrons. The Bertz CT molecular complexity index is 729. The molecule has 2 N–H and O–H groups in total. The van der Waals surface area contributed by atoms with Gasteiger partial charge in [0.1, 0.15) is 5.69 Å². The Hall–Kier alpha value is -2.37. The number of aromatic nitrogens is 3. The van der Waals surface area contributed by atoms with Crippen molar-refractivity contribution in [3.8, 4) is 0 Å². The van der Waals surface area contributed by atoms with Crippen molar-refractivity contribution in [3.05, 3.63) is 50.7 Å². The van der Waals surface area contributed by atoms with E-state index in [1.807, 2.05) is 6.92 Å². The Morgan fingerprint density at radius 2 is 2.15 bits per heavy atom. The van der Waals surface area contributed by atoms with Crippen LogP contribution in [0.2, 0.25) is 0 Å². The average Bonchev–Trinajstić information content (AvgIpc) is 2.78. The second-order valence-electron chi connectivity index (χ2n) is 5.16. The van der Waals surface area contributed by atoms with Crippen LogP contribution in [-0.2, 0) is 13.0 Å². The standard InChI is InChI=1S/C14H16N4O2/c1-8-5-10(19)6-13(15-8)14(20)18-4-3-12-11(7-18)9(2)16-17-12/h5-6H,3-4,7H2,1-2H3,(H,15,19)(H,16,17). The molecule has 0 aliphatic carbocycles. The lowest BCUT2D eigenvalue weighted by atomic mass is 10.1. The highest BCUT2D eigenvalue weighted by Crippen LogP contribution is 2.20. The van der Waals surface area contributed by atoms with Crippen LogP contribution in [0.3, 0.4) is 0 Å². The highest BCUT2D eigenvalue weighted by Gasteiger charge is 2.25. The number of nitrogens with zero attached hydrogens (tertiary/aromatic N) is 2. The second kappa shape index (κ2) is 4.63. The van der Waals surface area contributed by atoms with E-state index < -0.39 is 0 Å². The van der Waals surface area contributed by atoms with Crippen LogP contribution in [0.25, 0.3) is 0 Å². The predicted octanol–water partition coefficient (Wildman–Crippen LogP) is 0.913. The molecule has 0 saturated carbocycles. The van der Waals surface area contributed by atoms with Crippen molar-refractivity contribution in [2.75, 3.05) is 6.54 Å². The summed E-state index contributed by atoms with van der Waals surface area (Å²) in [5.41, 5.74) is 4.00. The van der Waals surface area contributed by atoms with Gasteiger partial charge in [0.25, 0.3) is 5.91 Å². The number of nitrogens with one attached hydrogen (secondary N) is 2. The number of fused-ring (bicyclic) bond motifs is 1. The molecule has 0 saturated heterocycles. The number of aromatic amines is 2. The molecular weight excluding hydrogens is 256 g/mol. The monoisotopic (exact) mass is 272 g/mol. The normalized spacial score (nSPS) is 14.2. The van der Waals surface area contributed by atoms with Crippen LogP contribution in [0, 0.1) is 13.8 Å². The molecule has 3 heterocycles. The molecular formula is C14H16N4O2. The molecule has 1 aliphatic rings. The summed E-state index contributed by atoms with van der Waals surface area (Å²) in [5.74, 6) is -0.142. The fraction of sp³-hybridized carbons (Fsp3) is 0.357. The van der Waals surface area contributed by atoms with E-state index in [0.717, 1.165) is 23.4 Å². The number of pyridine rings is 1. The minimum absolute atomic E-state index is 0.142. The molecule has 0 unspecified atom stereocenters. The molecule has 0 aromatic carbocycles. The van der Waals surface area contributed by atoms with Crippen LogP contribution in [0.4, 0.5) is 0 Å². The maximum absolute atomic E-state index is 12.5. The van der Waals surface area contributed by atoms with Gasteiger partial charge >= 0.3 is 0 Å². The maximum atomic E-state index is 12.5. The molecule has 0 fully saturated rings. The number of amides is 1. The Kier molecular flexibility index (Phi) is 2.93. The number of rotatable bonds is 1. The number of carbonyl (C=O) groups excluding carboxylic acids is 1. The van der Waals surface area contributed by atoms with Gasteiger partial charge in [0.05, 0.1) is 5.69 Å². The van der Waals surface area contributed by atoms with Gasteiger partial charge in [-0.15, -0.1) is 0 Å². The first kappa shape index (κ1) is 12.7. The van der Waals surface area contributed by atoms with E-state index in [1.54, 1.807) is 11.8 Å². The van der Waals surface area contributed by atoms with E-state index in [1.165, 1.54) is 12.1 Å². The molecule has 2 aromatic rings. The first-order chi connectivity index (χ1) is 9.54.